The van der Waals surface area contributed by atoms with Crippen LogP contribution in [0, 0.1) is 0 Å². The second kappa shape index (κ2) is 10.4. The highest BCUT2D eigenvalue weighted by molar-refractivity contribution is 7.80. The normalized spacial score (nSPS) is 10.5. The van der Waals surface area contributed by atoms with E-state index in [-0.39, 0.29) is 5.91 Å². The molecule has 30 heavy (non-hydrogen) atoms. The van der Waals surface area contributed by atoms with Gasteiger partial charge in [0.1, 0.15) is 5.75 Å². The molecule has 0 saturated carbocycles. The fourth-order valence-electron chi connectivity index (χ4n) is 2.50. The third-order valence-electron chi connectivity index (χ3n) is 3.98. The monoisotopic (exact) mass is 438 g/mol. The number of ether oxygens (including phenoxy) is 1. The minimum atomic E-state index is -0.219. The van der Waals surface area contributed by atoms with Crippen LogP contribution in [-0.4, -0.2) is 24.3 Å². The van der Waals surface area contributed by atoms with Gasteiger partial charge in [-0.3, -0.25) is 10.2 Å². The Morgan fingerprint density at radius 2 is 1.73 bits per heavy atom. The maximum absolute atomic E-state index is 12.3. The molecule has 0 aliphatic rings. The number of methoxy groups -OCH3 is 1. The molecule has 3 rings (SSSR count). The largest absolute Gasteiger partial charge is 0.497 e. The molecule has 0 heterocycles. The van der Waals surface area contributed by atoms with Crippen LogP contribution in [0.5, 0.6) is 5.75 Å². The molecule has 0 fully saturated rings. The number of anilines is 2. The fourth-order valence-corrected chi connectivity index (χ4v) is 2.80. The van der Waals surface area contributed by atoms with E-state index < -0.39 is 0 Å². The SMILES string of the molecule is COc1ccc(NC(=S)N/N=C/c2cccc(NC(=O)c3ccc(Cl)cc3)c2)cc1. The predicted octanol–water partition coefficient (Wildman–Crippen LogP) is 4.92. The van der Waals surface area contributed by atoms with Gasteiger partial charge in [0.05, 0.1) is 13.3 Å². The van der Waals surface area contributed by atoms with Crippen LogP contribution < -0.4 is 20.8 Å². The summed E-state index contributed by atoms with van der Waals surface area (Å²) < 4.78 is 5.12. The van der Waals surface area contributed by atoms with Crippen molar-refractivity contribution >= 4 is 52.4 Å². The van der Waals surface area contributed by atoms with Gasteiger partial charge in [0.25, 0.3) is 5.91 Å². The first-order chi connectivity index (χ1) is 14.5. The summed E-state index contributed by atoms with van der Waals surface area (Å²) in [6.07, 6.45) is 1.61. The van der Waals surface area contributed by atoms with E-state index in [2.05, 4.69) is 21.2 Å². The zero-order chi connectivity index (χ0) is 21.3. The Labute approximate surface area is 184 Å². The minimum absolute atomic E-state index is 0.219. The molecule has 3 aromatic rings. The molecule has 3 aromatic carbocycles. The van der Waals surface area contributed by atoms with Crippen molar-refractivity contribution in [1.82, 2.24) is 5.43 Å². The summed E-state index contributed by atoms with van der Waals surface area (Å²) in [7, 11) is 1.61. The van der Waals surface area contributed by atoms with Crippen molar-refractivity contribution in [1.29, 1.82) is 0 Å². The van der Waals surface area contributed by atoms with Crippen molar-refractivity contribution < 1.29 is 9.53 Å². The summed E-state index contributed by atoms with van der Waals surface area (Å²) in [6, 6.07) is 21.3. The Hall–Kier alpha value is -3.42. The van der Waals surface area contributed by atoms with Crippen molar-refractivity contribution in [2.75, 3.05) is 17.7 Å². The number of hydrazone groups is 1. The average Bonchev–Trinajstić information content (AvgIpc) is 2.75. The summed E-state index contributed by atoms with van der Waals surface area (Å²) in [5.74, 6) is 0.546. The summed E-state index contributed by atoms with van der Waals surface area (Å²) in [6.45, 7) is 0. The number of rotatable bonds is 6. The third kappa shape index (κ3) is 6.30. The fraction of sp³-hybridized carbons (Fsp3) is 0.0455. The Morgan fingerprint density at radius 3 is 2.43 bits per heavy atom. The number of nitrogens with zero attached hydrogens (tertiary/aromatic N) is 1. The molecule has 0 atom stereocenters. The van der Waals surface area contributed by atoms with E-state index >= 15 is 0 Å². The molecule has 0 spiro atoms. The topological polar surface area (TPSA) is 74.8 Å². The molecular weight excluding hydrogens is 420 g/mol. The minimum Gasteiger partial charge on any atom is -0.497 e. The number of hydrogen-bond donors (Lipinski definition) is 3. The number of benzene rings is 3. The van der Waals surface area contributed by atoms with Gasteiger partial charge in [-0.05, 0) is 78.4 Å². The Morgan fingerprint density at radius 1 is 1.00 bits per heavy atom. The van der Waals surface area contributed by atoms with Gasteiger partial charge in [-0.1, -0.05) is 23.7 Å². The number of carbonyl (C=O) groups excluding carboxylic acids is 1. The maximum atomic E-state index is 12.3. The predicted molar refractivity (Wildman–Crippen MR) is 126 cm³/mol. The lowest BCUT2D eigenvalue weighted by Gasteiger charge is -2.08. The Bertz CT molecular complexity index is 1050. The maximum Gasteiger partial charge on any atom is 0.255 e. The molecule has 0 aliphatic heterocycles. The van der Waals surface area contributed by atoms with Gasteiger partial charge in [0.2, 0.25) is 0 Å². The highest BCUT2D eigenvalue weighted by Gasteiger charge is 2.06. The first-order valence-corrected chi connectivity index (χ1v) is 9.73. The summed E-state index contributed by atoms with van der Waals surface area (Å²) >= 11 is 11.1. The lowest BCUT2D eigenvalue weighted by Crippen LogP contribution is -2.23. The first-order valence-electron chi connectivity index (χ1n) is 8.94. The van der Waals surface area contributed by atoms with Gasteiger partial charge in [0, 0.05) is 22.0 Å². The van der Waals surface area contributed by atoms with Crippen LogP contribution in [-0.2, 0) is 0 Å². The van der Waals surface area contributed by atoms with Crippen molar-refractivity contribution in [3.63, 3.8) is 0 Å². The molecular formula is C22H19ClN4O2S. The molecule has 0 unspecified atom stereocenters. The molecule has 1 amide bonds. The van der Waals surface area contributed by atoms with E-state index in [1.807, 2.05) is 36.4 Å². The number of thiocarbonyl (C=S) groups is 1. The smallest absolute Gasteiger partial charge is 0.255 e. The van der Waals surface area contributed by atoms with E-state index in [0.717, 1.165) is 17.0 Å². The van der Waals surface area contributed by atoms with E-state index in [1.165, 1.54) is 0 Å². The molecule has 152 valence electrons. The van der Waals surface area contributed by atoms with Gasteiger partial charge in [-0.15, -0.1) is 0 Å². The van der Waals surface area contributed by atoms with E-state index in [4.69, 9.17) is 28.6 Å². The standard InChI is InChI=1S/C22H19ClN4O2S/c1-29-20-11-9-18(10-12-20)26-22(30)27-24-14-15-3-2-4-19(13-15)25-21(28)16-5-7-17(23)8-6-16/h2-14H,1H3,(H,25,28)(H2,26,27,30)/b24-14+. The second-order valence-electron chi connectivity index (χ2n) is 6.14. The molecule has 6 nitrogen and oxygen atoms in total. The summed E-state index contributed by atoms with van der Waals surface area (Å²) in [5, 5.41) is 10.9. The second-order valence-corrected chi connectivity index (χ2v) is 6.98. The highest BCUT2D eigenvalue weighted by Crippen LogP contribution is 2.15. The summed E-state index contributed by atoms with van der Waals surface area (Å²) in [4.78, 5) is 12.3. The van der Waals surface area contributed by atoms with Gasteiger partial charge in [-0.25, -0.2) is 0 Å². The van der Waals surface area contributed by atoms with Crippen molar-refractivity contribution in [3.05, 3.63) is 88.9 Å². The molecule has 0 aromatic heterocycles. The highest BCUT2D eigenvalue weighted by atomic mass is 35.5. The molecule has 0 radical (unpaired) electrons. The van der Waals surface area contributed by atoms with Crippen LogP contribution in [0.2, 0.25) is 5.02 Å². The average molecular weight is 439 g/mol. The van der Waals surface area contributed by atoms with Crippen molar-refractivity contribution in [3.8, 4) is 5.75 Å². The third-order valence-corrected chi connectivity index (χ3v) is 4.42. The van der Waals surface area contributed by atoms with Crippen molar-refractivity contribution in [2.24, 2.45) is 5.10 Å². The van der Waals surface area contributed by atoms with Crippen LogP contribution in [0.3, 0.4) is 0 Å². The zero-order valence-electron chi connectivity index (χ0n) is 16.1. The quantitative estimate of drug-likeness (QED) is 0.289. The lowest BCUT2D eigenvalue weighted by molar-refractivity contribution is 0.102. The first kappa shape index (κ1) is 21.3. The number of amides is 1. The number of hydrogen-bond acceptors (Lipinski definition) is 4. The Kier molecular flexibility index (Phi) is 7.37. The zero-order valence-corrected chi connectivity index (χ0v) is 17.6. The van der Waals surface area contributed by atoms with Crippen LogP contribution in [0.4, 0.5) is 11.4 Å². The Balaban J connectivity index is 1.54. The lowest BCUT2D eigenvalue weighted by atomic mass is 10.2. The van der Waals surface area contributed by atoms with Crippen molar-refractivity contribution in [2.45, 2.75) is 0 Å². The van der Waals surface area contributed by atoms with Gasteiger partial charge in [0.15, 0.2) is 5.11 Å². The molecule has 0 saturated heterocycles. The van der Waals surface area contributed by atoms with Crippen LogP contribution >= 0.6 is 23.8 Å². The molecule has 8 heteroatoms. The number of halogens is 1. The van der Waals surface area contributed by atoms with Crippen LogP contribution in [0.25, 0.3) is 0 Å². The van der Waals surface area contributed by atoms with Crippen LogP contribution in [0.15, 0.2) is 77.9 Å². The van der Waals surface area contributed by atoms with E-state index in [1.54, 1.807) is 49.7 Å². The van der Waals surface area contributed by atoms with E-state index in [9.17, 15) is 4.79 Å². The molecule has 0 aliphatic carbocycles. The van der Waals surface area contributed by atoms with E-state index in [0.29, 0.717) is 21.4 Å². The number of nitrogens with one attached hydrogen (secondary N) is 3. The van der Waals surface area contributed by atoms with Gasteiger partial charge < -0.3 is 15.4 Å². The molecule has 3 N–H and O–H groups in total. The van der Waals surface area contributed by atoms with Gasteiger partial charge >= 0.3 is 0 Å². The summed E-state index contributed by atoms with van der Waals surface area (Å²) in [5.41, 5.74) is 5.54. The van der Waals surface area contributed by atoms with Crippen LogP contribution in [0.1, 0.15) is 15.9 Å². The molecule has 0 bridgehead atoms. The number of carbonyl (C=O) groups is 1. The van der Waals surface area contributed by atoms with Gasteiger partial charge in [-0.2, -0.15) is 5.10 Å².